The third-order valence-electron chi connectivity index (χ3n) is 4.46. The SMILES string of the molecule is FC(F)(F)c1ccc(-c2cc(-c3ccccc3)[o+]c(-c3ccccc3)c2)cc1. The smallest absolute Gasteiger partial charge is 0.207 e. The molecular formula is C24H16F3O+. The zero-order valence-electron chi connectivity index (χ0n) is 14.8. The highest BCUT2D eigenvalue weighted by atomic mass is 19.4. The summed E-state index contributed by atoms with van der Waals surface area (Å²) in [5, 5.41) is 0. The van der Waals surface area contributed by atoms with Gasteiger partial charge in [0.1, 0.15) is 0 Å². The molecule has 0 bridgehead atoms. The second kappa shape index (κ2) is 7.31. The fraction of sp³-hybridized carbons (Fsp3) is 0.0417. The molecule has 0 N–H and O–H groups in total. The van der Waals surface area contributed by atoms with E-state index in [-0.39, 0.29) is 0 Å². The van der Waals surface area contributed by atoms with Gasteiger partial charge >= 0.3 is 17.7 Å². The van der Waals surface area contributed by atoms with E-state index in [2.05, 4.69) is 0 Å². The van der Waals surface area contributed by atoms with Crippen LogP contribution in [0, 0.1) is 0 Å². The number of halogens is 3. The van der Waals surface area contributed by atoms with Crippen molar-refractivity contribution in [3.8, 4) is 33.8 Å². The summed E-state index contributed by atoms with van der Waals surface area (Å²) in [4.78, 5) is 0. The fourth-order valence-corrected chi connectivity index (χ4v) is 3.01. The lowest BCUT2D eigenvalue weighted by Crippen LogP contribution is -2.04. The Balaban J connectivity index is 1.85. The van der Waals surface area contributed by atoms with E-state index in [4.69, 9.17) is 4.42 Å². The van der Waals surface area contributed by atoms with E-state index in [1.807, 2.05) is 72.8 Å². The van der Waals surface area contributed by atoms with E-state index in [0.717, 1.165) is 28.8 Å². The molecule has 1 heterocycles. The minimum Gasteiger partial charge on any atom is -0.207 e. The Bertz CT molecular complexity index is 1010. The predicted molar refractivity (Wildman–Crippen MR) is 104 cm³/mol. The Hall–Kier alpha value is -3.40. The van der Waals surface area contributed by atoms with Crippen LogP contribution in [0.3, 0.4) is 0 Å². The van der Waals surface area contributed by atoms with Crippen molar-refractivity contribution in [2.75, 3.05) is 0 Å². The zero-order valence-corrected chi connectivity index (χ0v) is 14.8. The first-order valence-electron chi connectivity index (χ1n) is 8.77. The third kappa shape index (κ3) is 3.81. The van der Waals surface area contributed by atoms with Crippen molar-refractivity contribution in [2.24, 2.45) is 0 Å². The summed E-state index contributed by atoms with van der Waals surface area (Å²) < 4.78 is 44.7. The third-order valence-corrected chi connectivity index (χ3v) is 4.46. The average Bonchev–Trinajstić information content (AvgIpc) is 2.74. The first-order chi connectivity index (χ1) is 13.5. The van der Waals surface area contributed by atoms with Crippen LogP contribution in [-0.2, 0) is 6.18 Å². The fourth-order valence-electron chi connectivity index (χ4n) is 3.01. The normalized spacial score (nSPS) is 11.4. The standard InChI is InChI=1S/C24H16F3O/c25-24(26,27)21-13-11-17(12-14-21)20-15-22(18-7-3-1-4-8-18)28-23(16-20)19-9-5-2-6-10-19/h1-16H/q+1. The summed E-state index contributed by atoms with van der Waals surface area (Å²) in [6.45, 7) is 0. The molecule has 0 atom stereocenters. The molecule has 0 unspecified atom stereocenters. The largest absolute Gasteiger partial charge is 0.416 e. The Morgan fingerprint density at radius 1 is 0.500 bits per heavy atom. The van der Waals surface area contributed by atoms with Crippen molar-refractivity contribution in [1.29, 1.82) is 0 Å². The van der Waals surface area contributed by atoms with Gasteiger partial charge in [0.05, 0.1) is 28.8 Å². The van der Waals surface area contributed by atoms with Crippen molar-refractivity contribution in [1.82, 2.24) is 0 Å². The monoisotopic (exact) mass is 377 g/mol. The molecule has 4 aromatic rings. The summed E-state index contributed by atoms with van der Waals surface area (Å²) in [7, 11) is 0. The van der Waals surface area contributed by atoms with Gasteiger partial charge in [0, 0.05) is 5.56 Å². The molecule has 0 saturated heterocycles. The molecule has 0 aliphatic heterocycles. The van der Waals surface area contributed by atoms with Crippen LogP contribution in [0.15, 0.2) is 101 Å². The van der Waals surface area contributed by atoms with Gasteiger partial charge in [-0.3, -0.25) is 0 Å². The highest BCUT2D eigenvalue weighted by Gasteiger charge is 2.30. The molecule has 0 aliphatic rings. The van der Waals surface area contributed by atoms with E-state index in [0.29, 0.717) is 17.1 Å². The molecule has 138 valence electrons. The number of hydrogen-bond donors (Lipinski definition) is 0. The van der Waals surface area contributed by atoms with Crippen LogP contribution >= 0.6 is 0 Å². The quantitative estimate of drug-likeness (QED) is 0.335. The van der Waals surface area contributed by atoms with Crippen LogP contribution in [0.25, 0.3) is 33.8 Å². The highest BCUT2D eigenvalue weighted by molar-refractivity contribution is 5.74. The maximum absolute atomic E-state index is 12.9. The highest BCUT2D eigenvalue weighted by Crippen LogP contribution is 2.35. The van der Waals surface area contributed by atoms with E-state index in [9.17, 15) is 13.2 Å². The minimum atomic E-state index is -4.35. The van der Waals surface area contributed by atoms with Gasteiger partial charge in [0.2, 0.25) is 0 Å². The van der Waals surface area contributed by atoms with Gasteiger partial charge in [-0.05, 0) is 42.0 Å². The Morgan fingerprint density at radius 3 is 1.39 bits per heavy atom. The number of alkyl halides is 3. The van der Waals surface area contributed by atoms with Crippen molar-refractivity contribution in [3.05, 3.63) is 103 Å². The van der Waals surface area contributed by atoms with Crippen LogP contribution in [0.5, 0.6) is 0 Å². The van der Waals surface area contributed by atoms with Crippen LogP contribution in [0.2, 0.25) is 0 Å². The van der Waals surface area contributed by atoms with E-state index in [1.54, 1.807) is 0 Å². The van der Waals surface area contributed by atoms with E-state index < -0.39 is 11.7 Å². The number of benzene rings is 3. The summed E-state index contributed by atoms with van der Waals surface area (Å²) in [6.07, 6.45) is -4.35. The van der Waals surface area contributed by atoms with Gasteiger partial charge in [-0.1, -0.05) is 48.5 Å². The maximum Gasteiger partial charge on any atom is 0.416 e. The van der Waals surface area contributed by atoms with Crippen molar-refractivity contribution >= 4 is 0 Å². The number of rotatable bonds is 3. The van der Waals surface area contributed by atoms with Crippen molar-refractivity contribution < 1.29 is 17.6 Å². The van der Waals surface area contributed by atoms with Gasteiger partial charge in [0.25, 0.3) is 0 Å². The first kappa shape index (κ1) is 18.0. The van der Waals surface area contributed by atoms with Gasteiger partial charge in [-0.2, -0.15) is 13.2 Å². The molecule has 0 saturated carbocycles. The molecular weight excluding hydrogens is 361 g/mol. The summed E-state index contributed by atoms with van der Waals surface area (Å²) in [5.74, 6) is 1.30. The van der Waals surface area contributed by atoms with Crippen molar-refractivity contribution in [2.45, 2.75) is 6.18 Å². The van der Waals surface area contributed by atoms with Crippen molar-refractivity contribution in [3.63, 3.8) is 0 Å². The molecule has 4 rings (SSSR count). The Labute approximate surface area is 160 Å². The van der Waals surface area contributed by atoms with Crippen LogP contribution in [0.1, 0.15) is 5.56 Å². The second-order valence-corrected chi connectivity index (χ2v) is 6.38. The molecule has 0 spiro atoms. The average molecular weight is 377 g/mol. The number of hydrogen-bond acceptors (Lipinski definition) is 0. The summed E-state index contributed by atoms with van der Waals surface area (Å²) in [6, 6.07) is 28.1. The zero-order chi connectivity index (χ0) is 19.6. The van der Waals surface area contributed by atoms with E-state index in [1.165, 1.54) is 12.1 Å². The first-order valence-corrected chi connectivity index (χ1v) is 8.77. The lowest BCUT2D eigenvalue weighted by Gasteiger charge is -2.07. The Morgan fingerprint density at radius 2 is 0.964 bits per heavy atom. The summed E-state index contributed by atoms with van der Waals surface area (Å²) >= 11 is 0. The maximum atomic E-state index is 12.9. The molecule has 0 fully saturated rings. The molecule has 1 nitrogen and oxygen atoms in total. The predicted octanol–water partition coefficient (Wildman–Crippen LogP) is 7.58. The molecule has 0 amide bonds. The minimum absolute atomic E-state index is 0.650. The lowest BCUT2D eigenvalue weighted by molar-refractivity contribution is -0.137. The Kier molecular flexibility index (Phi) is 4.70. The topological polar surface area (TPSA) is 11.3 Å². The molecule has 0 radical (unpaired) electrons. The van der Waals surface area contributed by atoms with E-state index >= 15 is 0 Å². The van der Waals surface area contributed by atoms with Gasteiger partial charge in [0.15, 0.2) is 0 Å². The van der Waals surface area contributed by atoms with Gasteiger partial charge in [-0.25, -0.2) is 4.42 Å². The molecule has 0 aliphatic carbocycles. The summed E-state index contributed by atoms with van der Waals surface area (Å²) in [5.41, 5.74) is 2.61. The molecule has 4 heteroatoms. The molecule has 1 aromatic heterocycles. The molecule has 28 heavy (non-hydrogen) atoms. The van der Waals surface area contributed by atoms with Crippen LogP contribution in [-0.4, -0.2) is 0 Å². The van der Waals surface area contributed by atoms with Gasteiger partial charge < -0.3 is 0 Å². The van der Waals surface area contributed by atoms with Crippen LogP contribution in [0.4, 0.5) is 13.2 Å². The second-order valence-electron chi connectivity index (χ2n) is 6.38. The van der Waals surface area contributed by atoms with Crippen LogP contribution < -0.4 is 0 Å². The van der Waals surface area contributed by atoms with Gasteiger partial charge in [-0.15, -0.1) is 0 Å². The lowest BCUT2D eigenvalue weighted by atomic mass is 10.0. The molecule has 3 aromatic carbocycles.